The third-order valence-corrected chi connectivity index (χ3v) is 4.61. The van der Waals surface area contributed by atoms with E-state index in [-0.39, 0.29) is 5.92 Å². The van der Waals surface area contributed by atoms with E-state index >= 15 is 0 Å². The molecule has 0 bridgehead atoms. The van der Waals surface area contributed by atoms with Crippen LogP contribution < -0.4 is 5.32 Å². The molecule has 1 aliphatic rings. The van der Waals surface area contributed by atoms with E-state index in [1.165, 1.54) is 25.7 Å². The van der Waals surface area contributed by atoms with Crippen LogP contribution in [-0.2, 0) is 0 Å². The molecule has 4 atom stereocenters. The molecule has 0 amide bonds. The molecule has 1 aliphatic carbocycles. The monoisotopic (exact) mass is 279 g/mol. The Bertz CT molecular complexity index is 404. The fourth-order valence-corrected chi connectivity index (χ4v) is 3.03. The molecule has 1 N–H and O–H groups in total. The number of nitrogens with one attached hydrogen (secondary N) is 1. The Morgan fingerprint density at radius 3 is 2.85 bits per heavy atom. The van der Waals surface area contributed by atoms with Gasteiger partial charge in [0.1, 0.15) is 0 Å². The average molecular weight is 279 g/mol. The minimum Gasteiger partial charge on any atom is -0.339 e. The quantitative estimate of drug-likeness (QED) is 0.859. The molecule has 114 valence electrons. The van der Waals surface area contributed by atoms with E-state index in [4.69, 9.17) is 4.52 Å². The highest BCUT2D eigenvalue weighted by Crippen LogP contribution is 2.35. The van der Waals surface area contributed by atoms with Crippen molar-refractivity contribution in [1.29, 1.82) is 0 Å². The summed E-state index contributed by atoms with van der Waals surface area (Å²) in [7, 11) is 0. The van der Waals surface area contributed by atoms with E-state index in [2.05, 4.69) is 43.2 Å². The zero-order chi connectivity index (χ0) is 14.5. The van der Waals surface area contributed by atoms with E-state index < -0.39 is 0 Å². The summed E-state index contributed by atoms with van der Waals surface area (Å²) in [6.07, 6.45) is 6.19. The van der Waals surface area contributed by atoms with Gasteiger partial charge in [0.15, 0.2) is 5.82 Å². The minimum absolute atomic E-state index is 0.267. The highest BCUT2D eigenvalue weighted by Gasteiger charge is 2.26. The first-order valence-electron chi connectivity index (χ1n) is 8.18. The number of hydrogen-bond acceptors (Lipinski definition) is 4. The molecule has 0 saturated heterocycles. The lowest BCUT2D eigenvalue weighted by atomic mass is 9.82. The molecule has 0 aromatic carbocycles. The molecule has 4 heteroatoms. The molecule has 20 heavy (non-hydrogen) atoms. The zero-order valence-electron chi connectivity index (χ0n) is 13.4. The van der Waals surface area contributed by atoms with Crippen LogP contribution >= 0.6 is 0 Å². The van der Waals surface area contributed by atoms with Crippen molar-refractivity contribution in [3.8, 4) is 0 Å². The Hall–Kier alpha value is -0.900. The summed E-state index contributed by atoms with van der Waals surface area (Å²) in [6, 6.07) is 0.369. The van der Waals surface area contributed by atoms with Gasteiger partial charge in [-0.1, -0.05) is 38.8 Å². The van der Waals surface area contributed by atoms with Crippen LogP contribution in [0.4, 0.5) is 0 Å². The third kappa shape index (κ3) is 3.81. The molecule has 0 aliphatic heterocycles. The molecular formula is C16H29N3O. The third-order valence-electron chi connectivity index (χ3n) is 4.61. The van der Waals surface area contributed by atoms with Crippen LogP contribution in [0.25, 0.3) is 0 Å². The molecule has 2 rings (SSSR count). The Balaban J connectivity index is 1.97. The van der Waals surface area contributed by atoms with Gasteiger partial charge in [0, 0.05) is 12.0 Å². The molecule has 1 heterocycles. The van der Waals surface area contributed by atoms with Crippen LogP contribution in [0.5, 0.6) is 0 Å². The maximum atomic E-state index is 5.51. The Morgan fingerprint density at radius 2 is 2.15 bits per heavy atom. The summed E-state index contributed by atoms with van der Waals surface area (Å²) < 4.78 is 5.51. The fraction of sp³-hybridized carbons (Fsp3) is 0.875. The molecule has 4 nitrogen and oxygen atoms in total. The van der Waals surface area contributed by atoms with Crippen molar-refractivity contribution in [2.24, 2.45) is 5.92 Å². The molecule has 1 aromatic heterocycles. The van der Waals surface area contributed by atoms with Gasteiger partial charge >= 0.3 is 0 Å². The van der Waals surface area contributed by atoms with Crippen molar-refractivity contribution in [2.45, 2.75) is 77.7 Å². The van der Waals surface area contributed by atoms with Crippen molar-refractivity contribution in [1.82, 2.24) is 15.5 Å². The normalized spacial score (nSPS) is 26.4. The topological polar surface area (TPSA) is 51.0 Å². The zero-order valence-corrected chi connectivity index (χ0v) is 13.4. The van der Waals surface area contributed by atoms with E-state index in [1.807, 2.05) is 0 Å². The van der Waals surface area contributed by atoms with Gasteiger partial charge in [-0.25, -0.2) is 0 Å². The van der Waals surface area contributed by atoms with Gasteiger partial charge in [-0.2, -0.15) is 4.98 Å². The largest absolute Gasteiger partial charge is 0.339 e. The maximum absolute atomic E-state index is 5.51. The number of rotatable bonds is 6. The van der Waals surface area contributed by atoms with Gasteiger partial charge in [0.05, 0.1) is 5.92 Å². The predicted molar refractivity (Wildman–Crippen MR) is 80.8 cm³/mol. The van der Waals surface area contributed by atoms with Crippen LogP contribution in [0.3, 0.4) is 0 Å². The van der Waals surface area contributed by atoms with Crippen LogP contribution in [0.1, 0.15) is 83.3 Å². The number of hydrogen-bond donors (Lipinski definition) is 1. The molecule has 1 fully saturated rings. The Morgan fingerprint density at radius 1 is 1.35 bits per heavy atom. The first-order valence-corrected chi connectivity index (χ1v) is 8.18. The summed E-state index contributed by atoms with van der Waals surface area (Å²) >= 11 is 0. The molecule has 0 spiro atoms. The Labute approximate surface area is 122 Å². The van der Waals surface area contributed by atoms with E-state index in [9.17, 15) is 0 Å². The number of aromatic nitrogens is 2. The van der Waals surface area contributed by atoms with Gasteiger partial charge in [0.2, 0.25) is 5.89 Å². The van der Waals surface area contributed by atoms with Crippen molar-refractivity contribution in [2.75, 3.05) is 6.54 Å². The van der Waals surface area contributed by atoms with Crippen molar-refractivity contribution in [3.63, 3.8) is 0 Å². The second-order valence-electron chi connectivity index (χ2n) is 6.49. The smallest absolute Gasteiger partial charge is 0.231 e. The summed E-state index contributed by atoms with van der Waals surface area (Å²) in [4.78, 5) is 4.68. The molecule has 1 aromatic rings. The molecular weight excluding hydrogens is 250 g/mol. The standard InChI is InChI=1S/C16H29N3O/c1-5-9-17-13(4)12(3)16-18-15(19-20-16)14-8-6-7-11(2)10-14/h11-14,17H,5-10H2,1-4H3. The fourth-order valence-electron chi connectivity index (χ4n) is 3.03. The van der Waals surface area contributed by atoms with Crippen LogP contribution in [0.2, 0.25) is 0 Å². The highest BCUT2D eigenvalue weighted by atomic mass is 16.5. The SMILES string of the molecule is CCCNC(C)C(C)c1nc(C2CCCC(C)C2)no1. The predicted octanol–water partition coefficient (Wildman–Crippen LogP) is 3.85. The summed E-state index contributed by atoms with van der Waals surface area (Å²) in [5.74, 6) is 3.28. The first kappa shape index (κ1) is 15.5. The summed E-state index contributed by atoms with van der Waals surface area (Å²) in [6.45, 7) is 9.89. The van der Waals surface area contributed by atoms with Gasteiger partial charge in [-0.3, -0.25) is 0 Å². The molecule has 0 radical (unpaired) electrons. The lowest BCUT2D eigenvalue weighted by Gasteiger charge is -2.24. The lowest BCUT2D eigenvalue weighted by molar-refractivity contribution is 0.309. The summed E-state index contributed by atoms with van der Waals surface area (Å²) in [5.41, 5.74) is 0. The van der Waals surface area contributed by atoms with Crippen molar-refractivity contribution in [3.05, 3.63) is 11.7 Å². The van der Waals surface area contributed by atoms with E-state index in [0.29, 0.717) is 12.0 Å². The van der Waals surface area contributed by atoms with Crippen LogP contribution in [0, 0.1) is 5.92 Å². The maximum Gasteiger partial charge on any atom is 0.231 e. The molecule has 4 unspecified atom stereocenters. The number of nitrogens with zero attached hydrogens (tertiary/aromatic N) is 2. The minimum atomic E-state index is 0.267. The lowest BCUT2D eigenvalue weighted by Crippen LogP contribution is -2.31. The second kappa shape index (κ2) is 7.21. The van der Waals surface area contributed by atoms with Crippen LogP contribution in [0.15, 0.2) is 4.52 Å². The van der Waals surface area contributed by atoms with Gasteiger partial charge in [-0.15, -0.1) is 0 Å². The van der Waals surface area contributed by atoms with Crippen molar-refractivity contribution >= 4 is 0 Å². The first-order chi connectivity index (χ1) is 9.61. The average Bonchev–Trinajstić information content (AvgIpc) is 2.93. The highest BCUT2D eigenvalue weighted by molar-refractivity contribution is 5.02. The van der Waals surface area contributed by atoms with Gasteiger partial charge < -0.3 is 9.84 Å². The van der Waals surface area contributed by atoms with Crippen LogP contribution in [-0.4, -0.2) is 22.7 Å². The van der Waals surface area contributed by atoms with E-state index in [1.54, 1.807) is 0 Å². The van der Waals surface area contributed by atoms with Gasteiger partial charge in [-0.05, 0) is 38.6 Å². The second-order valence-corrected chi connectivity index (χ2v) is 6.49. The summed E-state index contributed by atoms with van der Waals surface area (Å²) in [5, 5.41) is 7.74. The van der Waals surface area contributed by atoms with Gasteiger partial charge in [0.25, 0.3) is 0 Å². The van der Waals surface area contributed by atoms with E-state index in [0.717, 1.165) is 30.6 Å². The van der Waals surface area contributed by atoms with Crippen molar-refractivity contribution < 1.29 is 4.52 Å². The Kier molecular flexibility index (Phi) is 5.58. The molecule has 1 saturated carbocycles.